The zero-order valence-electron chi connectivity index (χ0n) is 14.5. The second-order valence-corrected chi connectivity index (χ2v) is 7.41. The van der Waals surface area contributed by atoms with Crippen molar-refractivity contribution in [1.82, 2.24) is 5.32 Å². The number of hydrogen-bond acceptors (Lipinski definition) is 1. The van der Waals surface area contributed by atoms with Crippen molar-refractivity contribution in [2.75, 3.05) is 6.54 Å². The molecule has 0 aromatic heterocycles. The van der Waals surface area contributed by atoms with E-state index < -0.39 is 0 Å². The average Bonchev–Trinajstić information content (AvgIpc) is 2.53. The Morgan fingerprint density at radius 2 is 1.81 bits per heavy atom. The van der Waals surface area contributed by atoms with Crippen LogP contribution in [0.5, 0.6) is 0 Å². The van der Waals surface area contributed by atoms with Gasteiger partial charge in [0.15, 0.2) is 0 Å². The van der Waals surface area contributed by atoms with Crippen LogP contribution in [0.1, 0.15) is 90.9 Å². The highest BCUT2D eigenvalue weighted by atomic mass is 14.9. The molecule has 2 aliphatic rings. The van der Waals surface area contributed by atoms with Crippen molar-refractivity contribution in [3.63, 3.8) is 0 Å². The molecule has 2 rings (SSSR count). The summed E-state index contributed by atoms with van der Waals surface area (Å²) in [7, 11) is 0. The minimum absolute atomic E-state index is 0.701. The molecular weight excluding hydrogens is 254 g/mol. The maximum Gasteiger partial charge on any atom is 0.0279 e. The van der Waals surface area contributed by atoms with Crippen molar-refractivity contribution in [1.29, 1.82) is 0 Å². The molecule has 2 fully saturated rings. The summed E-state index contributed by atoms with van der Waals surface area (Å²) in [6.07, 6.45) is 19.6. The third-order valence-corrected chi connectivity index (χ3v) is 5.68. The fourth-order valence-electron chi connectivity index (χ4n) is 4.24. The molecule has 0 aromatic rings. The van der Waals surface area contributed by atoms with Crippen molar-refractivity contribution in [2.45, 2.75) is 96.9 Å². The van der Waals surface area contributed by atoms with Gasteiger partial charge in [-0.1, -0.05) is 64.0 Å². The lowest BCUT2D eigenvalue weighted by atomic mass is 9.82. The molecule has 2 unspecified atom stereocenters. The van der Waals surface area contributed by atoms with Gasteiger partial charge in [-0.05, 0) is 56.9 Å². The lowest BCUT2D eigenvalue weighted by Crippen LogP contribution is -2.36. The Bertz CT molecular complexity index is 301. The maximum atomic E-state index is 3.93. The molecule has 21 heavy (non-hydrogen) atoms. The van der Waals surface area contributed by atoms with E-state index in [4.69, 9.17) is 0 Å². The fourth-order valence-corrected chi connectivity index (χ4v) is 4.24. The molecule has 1 N–H and O–H groups in total. The molecule has 0 bridgehead atoms. The first kappa shape index (κ1) is 17.1. The molecule has 1 heteroatoms. The van der Waals surface area contributed by atoms with Crippen LogP contribution in [0.4, 0.5) is 0 Å². The SMILES string of the molecule is CCCC(CC)CNC1CCCCC1=CC1CCCCC1. The van der Waals surface area contributed by atoms with Crippen LogP contribution in [0, 0.1) is 11.8 Å². The molecule has 0 aromatic carbocycles. The summed E-state index contributed by atoms with van der Waals surface area (Å²) < 4.78 is 0. The Morgan fingerprint density at radius 3 is 2.52 bits per heavy atom. The summed E-state index contributed by atoms with van der Waals surface area (Å²) in [5, 5.41) is 3.93. The van der Waals surface area contributed by atoms with Crippen molar-refractivity contribution in [3.8, 4) is 0 Å². The molecule has 0 spiro atoms. The smallest absolute Gasteiger partial charge is 0.0279 e. The Balaban J connectivity index is 1.87. The van der Waals surface area contributed by atoms with Gasteiger partial charge in [0.1, 0.15) is 0 Å². The van der Waals surface area contributed by atoms with E-state index in [9.17, 15) is 0 Å². The summed E-state index contributed by atoms with van der Waals surface area (Å²) in [6, 6.07) is 0.701. The maximum absolute atomic E-state index is 3.93. The number of allylic oxidation sites excluding steroid dienone is 1. The Hall–Kier alpha value is -0.300. The van der Waals surface area contributed by atoms with Gasteiger partial charge in [0.05, 0.1) is 0 Å². The topological polar surface area (TPSA) is 12.0 Å². The zero-order chi connectivity index (χ0) is 14.9. The third kappa shape index (κ3) is 5.77. The molecule has 0 amide bonds. The lowest BCUT2D eigenvalue weighted by molar-refractivity contribution is 0.371. The van der Waals surface area contributed by atoms with Crippen molar-refractivity contribution in [3.05, 3.63) is 11.6 Å². The van der Waals surface area contributed by atoms with E-state index in [-0.39, 0.29) is 0 Å². The molecule has 0 aliphatic heterocycles. The first-order chi connectivity index (χ1) is 10.3. The van der Waals surface area contributed by atoms with Crippen LogP contribution in [0.15, 0.2) is 11.6 Å². The highest BCUT2D eigenvalue weighted by Gasteiger charge is 2.21. The van der Waals surface area contributed by atoms with E-state index in [1.807, 2.05) is 0 Å². The van der Waals surface area contributed by atoms with Gasteiger partial charge in [-0.2, -0.15) is 0 Å². The van der Waals surface area contributed by atoms with Gasteiger partial charge in [0.2, 0.25) is 0 Å². The number of nitrogens with one attached hydrogen (secondary N) is 1. The van der Waals surface area contributed by atoms with Crippen LogP contribution >= 0.6 is 0 Å². The molecule has 0 radical (unpaired) electrons. The highest BCUT2D eigenvalue weighted by Crippen LogP contribution is 2.30. The lowest BCUT2D eigenvalue weighted by Gasteiger charge is -2.30. The molecule has 1 nitrogen and oxygen atoms in total. The van der Waals surface area contributed by atoms with Gasteiger partial charge in [-0.3, -0.25) is 0 Å². The van der Waals surface area contributed by atoms with E-state index in [1.165, 1.54) is 83.6 Å². The Kier molecular flexibility index (Phi) is 7.85. The predicted molar refractivity (Wildman–Crippen MR) is 93.6 cm³/mol. The van der Waals surface area contributed by atoms with E-state index in [0.29, 0.717) is 6.04 Å². The van der Waals surface area contributed by atoms with Crippen LogP contribution in [0.25, 0.3) is 0 Å². The first-order valence-electron chi connectivity index (χ1n) is 9.77. The van der Waals surface area contributed by atoms with Gasteiger partial charge in [0.25, 0.3) is 0 Å². The molecule has 2 aliphatic carbocycles. The van der Waals surface area contributed by atoms with Crippen LogP contribution in [0.3, 0.4) is 0 Å². The summed E-state index contributed by atoms with van der Waals surface area (Å²) in [5.41, 5.74) is 1.76. The first-order valence-corrected chi connectivity index (χ1v) is 9.77. The second-order valence-electron chi connectivity index (χ2n) is 7.41. The number of rotatable bonds is 7. The van der Waals surface area contributed by atoms with E-state index >= 15 is 0 Å². The quantitative estimate of drug-likeness (QED) is 0.580. The molecule has 122 valence electrons. The van der Waals surface area contributed by atoms with E-state index in [2.05, 4.69) is 25.2 Å². The van der Waals surface area contributed by atoms with E-state index in [0.717, 1.165) is 11.8 Å². The zero-order valence-corrected chi connectivity index (χ0v) is 14.5. The molecule has 0 saturated heterocycles. The summed E-state index contributed by atoms with van der Waals surface area (Å²) in [6.45, 7) is 5.90. The largest absolute Gasteiger partial charge is 0.310 e. The summed E-state index contributed by atoms with van der Waals surface area (Å²) in [4.78, 5) is 0. The highest BCUT2D eigenvalue weighted by molar-refractivity contribution is 5.15. The minimum atomic E-state index is 0.701. The normalized spacial score (nSPS) is 27.9. The second kappa shape index (κ2) is 9.66. The molecular formula is C20H37N. The molecule has 2 saturated carbocycles. The van der Waals surface area contributed by atoms with Gasteiger partial charge >= 0.3 is 0 Å². The Morgan fingerprint density at radius 1 is 1.05 bits per heavy atom. The average molecular weight is 292 g/mol. The third-order valence-electron chi connectivity index (χ3n) is 5.68. The fraction of sp³-hybridized carbons (Fsp3) is 0.900. The molecule has 2 atom stereocenters. The monoisotopic (exact) mass is 291 g/mol. The van der Waals surface area contributed by atoms with Crippen molar-refractivity contribution >= 4 is 0 Å². The summed E-state index contributed by atoms with van der Waals surface area (Å²) in [5.74, 6) is 1.78. The van der Waals surface area contributed by atoms with Crippen LogP contribution < -0.4 is 5.32 Å². The Labute approximate surface area is 133 Å². The summed E-state index contributed by atoms with van der Waals surface area (Å²) >= 11 is 0. The van der Waals surface area contributed by atoms with Crippen LogP contribution in [-0.4, -0.2) is 12.6 Å². The van der Waals surface area contributed by atoms with Crippen LogP contribution in [0.2, 0.25) is 0 Å². The van der Waals surface area contributed by atoms with E-state index in [1.54, 1.807) is 5.57 Å². The van der Waals surface area contributed by atoms with Crippen molar-refractivity contribution in [2.24, 2.45) is 11.8 Å². The predicted octanol–water partition coefficient (Wildman–Crippen LogP) is 5.85. The van der Waals surface area contributed by atoms with Gasteiger partial charge in [-0.25, -0.2) is 0 Å². The van der Waals surface area contributed by atoms with Crippen molar-refractivity contribution < 1.29 is 0 Å². The molecule has 0 heterocycles. The van der Waals surface area contributed by atoms with Gasteiger partial charge in [-0.15, -0.1) is 0 Å². The van der Waals surface area contributed by atoms with Gasteiger partial charge in [0, 0.05) is 6.04 Å². The van der Waals surface area contributed by atoms with Gasteiger partial charge < -0.3 is 5.32 Å². The van der Waals surface area contributed by atoms with Crippen LogP contribution in [-0.2, 0) is 0 Å². The number of hydrogen-bond donors (Lipinski definition) is 1. The minimum Gasteiger partial charge on any atom is -0.310 e. The standard InChI is InChI=1S/C20H37N/c1-3-10-17(4-2)16-21-20-14-9-8-13-19(20)15-18-11-6-5-7-12-18/h15,17-18,20-21H,3-14,16H2,1-2H3.